The Hall–Kier alpha value is -1.81. The van der Waals surface area contributed by atoms with Crippen LogP contribution >= 0.6 is 11.6 Å². The Labute approximate surface area is 116 Å². The van der Waals surface area contributed by atoms with Gasteiger partial charge in [-0.25, -0.2) is 4.79 Å². The minimum absolute atomic E-state index is 0.335. The van der Waals surface area contributed by atoms with Crippen LogP contribution in [0.15, 0.2) is 24.4 Å². The molecule has 1 heterocycles. The lowest BCUT2D eigenvalue weighted by atomic mass is 10.0. The molecule has 0 N–H and O–H groups in total. The van der Waals surface area contributed by atoms with Crippen molar-refractivity contribution in [2.45, 2.75) is 13.8 Å². The maximum atomic E-state index is 11.9. The first-order valence-corrected chi connectivity index (χ1v) is 6.38. The van der Waals surface area contributed by atoms with Gasteiger partial charge in [-0.3, -0.25) is 4.68 Å². The molecule has 0 amide bonds. The SMILES string of the molecule is CCOC(=O)c1cn(C)nc1-c1cc(Cl)ccc1C. The highest BCUT2D eigenvalue weighted by atomic mass is 35.5. The fourth-order valence-corrected chi connectivity index (χ4v) is 2.07. The third kappa shape index (κ3) is 2.79. The van der Waals surface area contributed by atoms with E-state index in [1.807, 2.05) is 25.1 Å². The molecular formula is C14H15ClN2O2. The summed E-state index contributed by atoms with van der Waals surface area (Å²) in [6.45, 7) is 4.07. The number of nitrogens with zero attached hydrogens (tertiary/aromatic N) is 2. The first-order chi connectivity index (χ1) is 9.02. The largest absolute Gasteiger partial charge is 0.462 e. The van der Waals surface area contributed by atoms with Gasteiger partial charge in [0.05, 0.1) is 6.61 Å². The molecule has 0 saturated heterocycles. The van der Waals surface area contributed by atoms with E-state index in [9.17, 15) is 4.79 Å². The van der Waals surface area contributed by atoms with Crippen molar-refractivity contribution in [1.29, 1.82) is 0 Å². The number of esters is 1. The summed E-state index contributed by atoms with van der Waals surface area (Å²) in [5, 5.41) is 4.96. The number of rotatable bonds is 3. The van der Waals surface area contributed by atoms with E-state index < -0.39 is 0 Å². The highest BCUT2D eigenvalue weighted by molar-refractivity contribution is 6.30. The van der Waals surface area contributed by atoms with Crippen molar-refractivity contribution in [1.82, 2.24) is 9.78 Å². The second kappa shape index (κ2) is 5.45. The Morgan fingerprint density at radius 1 is 1.47 bits per heavy atom. The number of carbonyl (C=O) groups excluding carboxylic acids is 1. The molecule has 0 unspecified atom stereocenters. The van der Waals surface area contributed by atoms with Crippen LogP contribution in [0.1, 0.15) is 22.8 Å². The number of ether oxygens (including phenoxy) is 1. The van der Waals surface area contributed by atoms with Crippen LogP contribution in [-0.4, -0.2) is 22.4 Å². The minimum atomic E-state index is -0.370. The van der Waals surface area contributed by atoms with Crippen molar-refractivity contribution in [3.63, 3.8) is 0 Å². The van der Waals surface area contributed by atoms with Gasteiger partial charge in [-0.15, -0.1) is 0 Å². The summed E-state index contributed by atoms with van der Waals surface area (Å²) < 4.78 is 6.65. The van der Waals surface area contributed by atoms with Gasteiger partial charge in [0.1, 0.15) is 11.3 Å². The van der Waals surface area contributed by atoms with Gasteiger partial charge in [0.15, 0.2) is 0 Å². The molecule has 1 aromatic heterocycles. The quantitative estimate of drug-likeness (QED) is 0.810. The van der Waals surface area contributed by atoms with Gasteiger partial charge in [0, 0.05) is 23.8 Å². The van der Waals surface area contributed by atoms with E-state index in [0.717, 1.165) is 11.1 Å². The number of aromatic nitrogens is 2. The molecule has 0 bridgehead atoms. The molecule has 0 aliphatic carbocycles. The Morgan fingerprint density at radius 3 is 2.89 bits per heavy atom. The number of hydrogen-bond acceptors (Lipinski definition) is 3. The summed E-state index contributed by atoms with van der Waals surface area (Å²) in [7, 11) is 1.77. The van der Waals surface area contributed by atoms with Gasteiger partial charge in [0.2, 0.25) is 0 Å². The minimum Gasteiger partial charge on any atom is -0.462 e. The summed E-state index contributed by atoms with van der Waals surface area (Å²) in [5.41, 5.74) is 2.90. The van der Waals surface area contributed by atoms with Crippen LogP contribution in [0.2, 0.25) is 5.02 Å². The van der Waals surface area contributed by atoms with E-state index >= 15 is 0 Å². The topological polar surface area (TPSA) is 44.1 Å². The molecule has 0 fully saturated rings. The predicted octanol–water partition coefficient (Wildman–Crippen LogP) is 3.23. The first-order valence-electron chi connectivity index (χ1n) is 6.00. The summed E-state index contributed by atoms with van der Waals surface area (Å²) in [5.74, 6) is -0.370. The Bertz CT molecular complexity index is 620. The lowest BCUT2D eigenvalue weighted by Gasteiger charge is -2.06. The third-order valence-corrected chi connectivity index (χ3v) is 3.01. The summed E-state index contributed by atoms with van der Waals surface area (Å²) in [6, 6.07) is 5.52. The van der Waals surface area contributed by atoms with Gasteiger partial charge in [-0.1, -0.05) is 17.7 Å². The van der Waals surface area contributed by atoms with Crippen molar-refractivity contribution in [3.05, 3.63) is 40.5 Å². The van der Waals surface area contributed by atoms with Gasteiger partial charge in [-0.2, -0.15) is 5.10 Å². The van der Waals surface area contributed by atoms with Gasteiger partial charge in [0.25, 0.3) is 0 Å². The molecule has 100 valence electrons. The Morgan fingerprint density at radius 2 is 2.21 bits per heavy atom. The molecular weight excluding hydrogens is 264 g/mol. The van der Waals surface area contributed by atoms with E-state index in [0.29, 0.717) is 22.9 Å². The van der Waals surface area contributed by atoms with Crippen molar-refractivity contribution in [3.8, 4) is 11.3 Å². The molecule has 2 aromatic rings. The molecule has 0 radical (unpaired) electrons. The standard InChI is InChI=1S/C14H15ClN2O2/c1-4-19-14(18)12-8-17(3)16-13(12)11-7-10(15)6-5-9(11)2/h5-8H,4H2,1-3H3. The van der Waals surface area contributed by atoms with Crippen LogP contribution in [0, 0.1) is 6.92 Å². The van der Waals surface area contributed by atoms with Crippen molar-refractivity contribution >= 4 is 17.6 Å². The van der Waals surface area contributed by atoms with Crippen LogP contribution < -0.4 is 0 Å². The van der Waals surface area contributed by atoms with Gasteiger partial charge < -0.3 is 4.74 Å². The number of halogens is 1. The zero-order valence-corrected chi connectivity index (χ0v) is 11.9. The molecule has 0 atom stereocenters. The monoisotopic (exact) mass is 278 g/mol. The van der Waals surface area contributed by atoms with Crippen LogP contribution in [0.25, 0.3) is 11.3 Å². The van der Waals surface area contributed by atoms with Crippen LogP contribution in [-0.2, 0) is 11.8 Å². The second-order valence-corrected chi connectivity index (χ2v) is 4.68. The van der Waals surface area contributed by atoms with Gasteiger partial charge in [-0.05, 0) is 31.5 Å². The van der Waals surface area contributed by atoms with E-state index in [1.165, 1.54) is 0 Å². The summed E-state index contributed by atoms with van der Waals surface area (Å²) in [6.07, 6.45) is 1.66. The summed E-state index contributed by atoms with van der Waals surface area (Å²) >= 11 is 6.02. The molecule has 1 aromatic carbocycles. The average Bonchev–Trinajstić information content (AvgIpc) is 2.75. The lowest BCUT2D eigenvalue weighted by Crippen LogP contribution is -2.05. The zero-order chi connectivity index (χ0) is 14.0. The first kappa shape index (κ1) is 13.6. The van der Waals surface area contributed by atoms with E-state index in [2.05, 4.69) is 5.10 Å². The maximum Gasteiger partial charge on any atom is 0.341 e. The van der Waals surface area contributed by atoms with E-state index in [1.54, 1.807) is 24.9 Å². The van der Waals surface area contributed by atoms with Crippen molar-refractivity contribution in [2.75, 3.05) is 6.61 Å². The number of aryl methyl sites for hydroxylation is 2. The average molecular weight is 279 g/mol. The highest BCUT2D eigenvalue weighted by Gasteiger charge is 2.19. The third-order valence-electron chi connectivity index (χ3n) is 2.78. The highest BCUT2D eigenvalue weighted by Crippen LogP contribution is 2.28. The molecule has 5 heteroatoms. The number of benzene rings is 1. The van der Waals surface area contributed by atoms with Crippen molar-refractivity contribution < 1.29 is 9.53 Å². The maximum absolute atomic E-state index is 11.9. The number of hydrogen-bond donors (Lipinski definition) is 0. The Kier molecular flexibility index (Phi) is 3.90. The molecule has 0 spiro atoms. The van der Waals surface area contributed by atoms with Crippen LogP contribution in [0.3, 0.4) is 0 Å². The van der Waals surface area contributed by atoms with Crippen molar-refractivity contribution in [2.24, 2.45) is 7.05 Å². The normalized spacial score (nSPS) is 10.5. The fraction of sp³-hybridized carbons (Fsp3) is 0.286. The molecule has 4 nitrogen and oxygen atoms in total. The fourth-order valence-electron chi connectivity index (χ4n) is 1.89. The van der Waals surface area contributed by atoms with Crippen LogP contribution in [0.5, 0.6) is 0 Å². The smallest absolute Gasteiger partial charge is 0.341 e. The van der Waals surface area contributed by atoms with Crippen LogP contribution in [0.4, 0.5) is 0 Å². The van der Waals surface area contributed by atoms with E-state index in [4.69, 9.17) is 16.3 Å². The lowest BCUT2D eigenvalue weighted by molar-refractivity contribution is 0.0527. The zero-order valence-electron chi connectivity index (χ0n) is 11.1. The summed E-state index contributed by atoms with van der Waals surface area (Å²) in [4.78, 5) is 11.9. The molecule has 19 heavy (non-hydrogen) atoms. The van der Waals surface area contributed by atoms with Gasteiger partial charge >= 0.3 is 5.97 Å². The Balaban J connectivity index is 2.56. The number of carbonyl (C=O) groups is 1. The predicted molar refractivity (Wildman–Crippen MR) is 74.3 cm³/mol. The molecule has 0 aliphatic rings. The second-order valence-electron chi connectivity index (χ2n) is 4.24. The molecule has 0 saturated carbocycles. The molecule has 2 rings (SSSR count). The van der Waals surface area contributed by atoms with E-state index in [-0.39, 0.29) is 5.97 Å². The molecule has 0 aliphatic heterocycles.